The number of nitrogens with two attached hydrogens (primary N) is 1. The van der Waals surface area contributed by atoms with Gasteiger partial charge in [-0.25, -0.2) is 0 Å². The van der Waals surface area contributed by atoms with Crippen LogP contribution in [0.1, 0.15) is 58.7 Å². The van der Waals surface area contributed by atoms with Crippen LogP contribution in [0.25, 0.3) is 0 Å². The van der Waals surface area contributed by atoms with Crippen LogP contribution in [-0.4, -0.2) is 11.4 Å². The van der Waals surface area contributed by atoms with Gasteiger partial charge in [-0.3, -0.25) is 10.1 Å². The molecule has 0 unspecified atom stereocenters. The van der Waals surface area contributed by atoms with Crippen molar-refractivity contribution in [1.29, 1.82) is 0 Å². The van der Waals surface area contributed by atoms with Gasteiger partial charge in [0, 0.05) is 5.54 Å². The second-order valence-corrected chi connectivity index (χ2v) is 7.10. The third kappa shape index (κ3) is 4.67. The largest absolute Gasteiger partial charge is 0.368 e. The molecule has 0 saturated carbocycles. The number of nitrogens with one attached hydrogen (secondary N) is 1. The fraction of sp³-hybridized carbons (Fsp3) is 0.562. The van der Waals surface area contributed by atoms with Crippen LogP contribution in [0.3, 0.4) is 0 Å². The van der Waals surface area contributed by atoms with E-state index in [1.807, 2.05) is 32.9 Å². The summed E-state index contributed by atoms with van der Waals surface area (Å²) in [5.74, 6) is -0.349. The van der Waals surface area contributed by atoms with Gasteiger partial charge in [0.2, 0.25) is 5.91 Å². The molecule has 1 amide bonds. The molecule has 1 aromatic rings. The predicted molar refractivity (Wildman–Crippen MR) is 80.0 cm³/mol. The molecule has 0 bridgehead atoms. The molecule has 0 aliphatic heterocycles. The molecular weight excluding hydrogens is 236 g/mol. The number of rotatable bonds is 3. The van der Waals surface area contributed by atoms with Crippen molar-refractivity contribution in [2.45, 2.75) is 58.5 Å². The summed E-state index contributed by atoms with van der Waals surface area (Å²) in [5, 5.41) is 3.26. The van der Waals surface area contributed by atoms with Crippen LogP contribution in [0.2, 0.25) is 0 Å². The van der Waals surface area contributed by atoms with Crippen molar-refractivity contribution in [2.24, 2.45) is 5.73 Å². The van der Waals surface area contributed by atoms with Crippen LogP contribution in [0, 0.1) is 0 Å². The maximum Gasteiger partial charge on any atom is 0.239 e. The zero-order valence-electron chi connectivity index (χ0n) is 12.9. The van der Waals surface area contributed by atoms with E-state index >= 15 is 0 Å². The molecule has 1 aromatic carbocycles. The first kappa shape index (κ1) is 15.7. The summed E-state index contributed by atoms with van der Waals surface area (Å²) in [6.45, 7) is 12.6. The molecule has 0 radical (unpaired) electrons. The summed E-state index contributed by atoms with van der Waals surface area (Å²) in [6, 6.07) is 7.64. The molecule has 0 spiro atoms. The van der Waals surface area contributed by atoms with Gasteiger partial charge in [-0.2, -0.15) is 0 Å². The lowest BCUT2D eigenvalue weighted by Crippen LogP contribution is -2.44. The fourth-order valence-electron chi connectivity index (χ4n) is 1.93. The van der Waals surface area contributed by atoms with Crippen molar-refractivity contribution < 1.29 is 4.79 Å². The zero-order chi connectivity index (χ0) is 14.8. The average Bonchev–Trinajstić information content (AvgIpc) is 2.23. The van der Waals surface area contributed by atoms with Crippen LogP contribution in [0.5, 0.6) is 0 Å². The van der Waals surface area contributed by atoms with E-state index in [4.69, 9.17) is 5.73 Å². The summed E-state index contributed by atoms with van der Waals surface area (Å²) in [4.78, 5) is 11.6. The lowest BCUT2D eigenvalue weighted by molar-refractivity contribution is -0.120. The fourth-order valence-corrected chi connectivity index (χ4v) is 1.93. The normalized spacial score (nSPS) is 14.2. The SMILES string of the molecule is CC(C)(C)N[C@@H](C(N)=O)c1ccc(C(C)(C)C)cc1. The smallest absolute Gasteiger partial charge is 0.239 e. The molecule has 3 nitrogen and oxygen atoms in total. The van der Waals surface area contributed by atoms with Crippen molar-refractivity contribution in [1.82, 2.24) is 5.32 Å². The van der Waals surface area contributed by atoms with Gasteiger partial charge in [0.05, 0.1) is 0 Å². The standard InChI is InChI=1S/C16H26N2O/c1-15(2,3)12-9-7-11(8-10-12)13(14(17)19)18-16(4,5)6/h7-10,13,18H,1-6H3,(H2,17,19)/t13-/m1/s1. The quantitative estimate of drug-likeness (QED) is 0.880. The molecule has 0 fully saturated rings. The number of primary amides is 1. The molecule has 0 saturated heterocycles. The first-order chi connectivity index (χ1) is 8.50. The molecule has 3 N–H and O–H groups in total. The molecular formula is C16H26N2O. The van der Waals surface area contributed by atoms with E-state index in [1.165, 1.54) is 5.56 Å². The highest BCUT2D eigenvalue weighted by molar-refractivity contribution is 5.81. The van der Waals surface area contributed by atoms with Gasteiger partial charge in [0.25, 0.3) is 0 Å². The van der Waals surface area contributed by atoms with Crippen molar-refractivity contribution in [3.63, 3.8) is 0 Å². The van der Waals surface area contributed by atoms with E-state index in [0.717, 1.165) is 5.56 Å². The van der Waals surface area contributed by atoms with Gasteiger partial charge in [-0.1, -0.05) is 45.0 Å². The maximum atomic E-state index is 11.6. The number of carbonyl (C=O) groups is 1. The van der Waals surface area contributed by atoms with E-state index in [0.29, 0.717) is 0 Å². The Morgan fingerprint density at radius 3 is 1.84 bits per heavy atom. The molecule has 106 valence electrons. The van der Waals surface area contributed by atoms with Crippen molar-refractivity contribution >= 4 is 5.91 Å². The third-order valence-electron chi connectivity index (χ3n) is 2.97. The lowest BCUT2D eigenvalue weighted by Gasteiger charge is -2.27. The van der Waals surface area contributed by atoms with Gasteiger partial charge >= 0.3 is 0 Å². The Kier molecular flexibility index (Phi) is 4.41. The van der Waals surface area contributed by atoms with Crippen molar-refractivity contribution in [2.75, 3.05) is 0 Å². The molecule has 0 aliphatic carbocycles. The Hall–Kier alpha value is -1.35. The highest BCUT2D eigenvalue weighted by Gasteiger charge is 2.24. The van der Waals surface area contributed by atoms with Gasteiger partial charge in [-0.15, -0.1) is 0 Å². The van der Waals surface area contributed by atoms with Crippen LogP contribution < -0.4 is 11.1 Å². The first-order valence-corrected chi connectivity index (χ1v) is 6.68. The number of amides is 1. The van der Waals surface area contributed by atoms with E-state index in [2.05, 4.69) is 38.2 Å². The second-order valence-electron chi connectivity index (χ2n) is 7.10. The third-order valence-corrected chi connectivity index (χ3v) is 2.97. The van der Waals surface area contributed by atoms with Crippen LogP contribution in [0.15, 0.2) is 24.3 Å². The number of carbonyl (C=O) groups excluding carboxylic acids is 1. The Morgan fingerprint density at radius 1 is 1.05 bits per heavy atom. The van der Waals surface area contributed by atoms with Crippen LogP contribution in [-0.2, 0) is 10.2 Å². The molecule has 3 heteroatoms. The van der Waals surface area contributed by atoms with Crippen molar-refractivity contribution in [3.05, 3.63) is 35.4 Å². The predicted octanol–water partition coefficient (Wildman–Crippen LogP) is 2.90. The summed E-state index contributed by atoms with van der Waals surface area (Å²) in [6.07, 6.45) is 0. The topological polar surface area (TPSA) is 55.1 Å². The van der Waals surface area contributed by atoms with Gasteiger partial charge in [0.15, 0.2) is 0 Å². The van der Waals surface area contributed by atoms with E-state index < -0.39 is 6.04 Å². The van der Waals surface area contributed by atoms with Crippen LogP contribution in [0.4, 0.5) is 0 Å². The molecule has 19 heavy (non-hydrogen) atoms. The Balaban J connectivity index is 3.02. The van der Waals surface area contributed by atoms with Crippen molar-refractivity contribution in [3.8, 4) is 0 Å². The molecule has 0 aromatic heterocycles. The zero-order valence-corrected chi connectivity index (χ0v) is 12.9. The molecule has 0 aliphatic rings. The minimum Gasteiger partial charge on any atom is -0.368 e. The monoisotopic (exact) mass is 262 g/mol. The number of hydrogen-bond donors (Lipinski definition) is 2. The highest BCUT2D eigenvalue weighted by Crippen LogP contribution is 2.24. The van der Waals surface area contributed by atoms with Gasteiger partial charge in [0.1, 0.15) is 6.04 Å². The average molecular weight is 262 g/mol. The van der Waals surface area contributed by atoms with E-state index in [1.54, 1.807) is 0 Å². The maximum absolute atomic E-state index is 11.6. The molecule has 1 atom stereocenters. The Bertz CT molecular complexity index is 435. The Labute approximate surface area is 116 Å². The minimum absolute atomic E-state index is 0.109. The number of hydrogen-bond acceptors (Lipinski definition) is 2. The summed E-state index contributed by atoms with van der Waals surface area (Å²) < 4.78 is 0. The van der Waals surface area contributed by atoms with E-state index in [-0.39, 0.29) is 16.9 Å². The summed E-state index contributed by atoms with van der Waals surface area (Å²) >= 11 is 0. The van der Waals surface area contributed by atoms with E-state index in [9.17, 15) is 4.79 Å². The molecule has 1 rings (SSSR count). The van der Waals surface area contributed by atoms with Crippen LogP contribution >= 0.6 is 0 Å². The lowest BCUT2D eigenvalue weighted by atomic mass is 9.86. The Morgan fingerprint density at radius 2 is 1.53 bits per heavy atom. The summed E-state index contributed by atoms with van der Waals surface area (Å²) in [5.41, 5.74) is 7.60. The minimum atomic E-state index is -0.450. The highest BCUT2D eigenvalue weighted by atomic mass is 16.1. The van der Waals surface area contributed by atoms with Gasteiger partial charge < -0.3 is 5.73 Å². The number of benzene rings is 1. The second kappa shape index (κ2) is 5.33. The first-order valence-electron chi connectivity index (χ1n) is 6.68. The molecule has 0 heterocycles. The van der Waals surface area contributed by atoms with Gasteiger partial charge in [-0.05, 0) is 37.3 Å². The summed E-state index contributed by atoms with van der Waals surface area (Å²) in [7, 11) is 0.